The van der Waals surface area contributed by atoms with Crippen LogP contribution in [0.25, 0.3) is 16.9 Å². The summed E-state index contributed by atoms with van der Waals surface area (Å²) in [7, 11) is 5.01. The molecule has 0 bridgehead atoms. The van der Waals surface area contributed by atoms with Gasteiger partial charge >= 0.3 is 0 Å². The number of para-hydroxylation sites is 2. The van der Waals surface area contributed by atoms with Crippen molar-refractivity contribution < 1.29 is 14.3 Å². The number of aromatic nitrogens is 3. The van der Waals surface area contributed by atoms with E-state index in [4.69, 9.17) is 19.6 Å². The molecule has 0 fully saturated rings. The maximum atomic E-state index is 13.7. The minimum absolute atomic E-state index is 0.209. The van der Waals surface area contributed by atoms with Gasteiger partial charge in [0, 0.05) is 30.1 Å². The summed E-state index contributed by atoms with van der Waals surface area (Å²) >= 11 is 1.31. The fourth-order valence-electron chi connectivity index (χ4n) is 5.22. The molecule has 0 saturated carbocycles. The zero-order valence-corrected chi connectivity index (χ0v) is 25.3. The van der Waals surface area contributed by atoms with Crippen molar-refractivity contribution in [3.05, 3.63) is 105 Å². The monoisotopic (exact) mass is 594 g/mol. The highest BCUT2D eigenvalue weighted by Gasteiger charge is 2.33. The van der Waals surface area contributed by atoms with Crippen LogP contribution in [0.5, 0.6) is 11.5 Å². The fraction of sp³-hybridized carbons (Fsp3) is 0.188. The fourth-order valence-corrected chi connectivity index (χ4v) is 6.05. The van der Waals surface area contributed by atoms with Gasteiger partial charge in [0.2, 0.25) is 4.80 Å². The molecule has 10 nitrogen and oxygen atoms in total. The number of ether oxygens (including phenoxy) is 2. The van der Waals surface area contributed by atoms with Crippen molar-refractivity contribution in [1.82, 2.24) is 14.0 Å². The zero-order chi connectivity index (χ0) is 30.2. The number of likely N-dealkylation sites (N-methyl/N-ethyl adjacent to an activating group) is 1. The first-order valence-corrected chi connectivity index (χ1v) is 14.6. The minimum Gasteiger partial charge on any atom is -0.497 e. The molecule has 0 spiro atoms. The minimum atomic E-state index is -0.265. The molecule has 11 heteroatoms. The second kappa shape index (κ2) is 11.3. The van der Waals surface area contributed by atoms with Crippen molar-refractivity contribution in [2.24, 2.45) is 17.1 Å². The second-order valence-electron chi connectivity index (χ2n) is 9.82. The SMILES string of the molecule is CCN1C(=O)C(=Nn2c(-c3cc(OC)ccc3OC)csc2=Nc2c(C)n(C)n(-c3ccccc3)c2=O)c2ccccc21. The van der Waals surface area contributed by atoms with E-state index in [2.05, 4.69) is 0 Å². The van der Waals surface area contributed by atoms with Gasteiger partial charge in [-0.3, -0.25) is 14.3 Å². The molecule has 1 aliphatic rings. The summed E-state index contributed by atoms with van der Waals surface area (Å²) in [4.78, 5) is 34.4. The number of benzene rings is 3. The molecule has 0 unspecified atom stereocenters. The molecule has 3 heterocycles. The third-order valence-electron chi connectivity index (χ3n) is 7.51. The average molecular weight is 595 g/mol. The smallest absolute Gasteiger partial charge is 0.297 e. The number of nitrogens with zero attached hydrogens (tertiary/aromatic N) is 6. The first kappa shape index (κ1) is 28.0. The van der Waals surface area contributed by atoms with Crippen LogP contribution in [0.3, 0.4) is 0 Å². The Kier molecular flexibility index (Phi) is 7.32. The van der Waals surface area contributed by atoms with Gasteiger partial charge in [-0.1, -0.05) is 36.4 Å². The molecule has 6 rings (SSSR count). The molecule has 1 amide bonds. The molecule has 0 aliphatic carbocycles. The standard InChI is InChI=1S/C32H30N6O4S/c1-6-36-25-15-11-10-14-23(25)29(30(36)39)34-37-26(24-18-22(41-4)16-17-27(24)42-5)19-43-32(37)33-28-20(2)35(3)38(31(28)40)21-12-8-7-9-13-21/h7-19H,6H2,1-5H3. The molecular formula is C32H30N6O4S. The molecule has 3 aromatic carbocycles. The molecule has 43 heavy (non-hydrogen) atoms. The highest BCUT2D eigenvalue weighted by Crippen LogP contribution is 2.35. The Morgan fingerprint density at radius 3 is 2.37 bits per heavy atom. The Bertz CT molecular complexity index is 2020. The number of fused-ring (bicyclic) bond motifs is 1. The van der Waals surface area contributed by atoms with Gasteiger partial charge in [-0.25, -0.2) is 14.4 Å². The van der Waals surface area contributed by atoms with Crippen LogP contribution in [0, 0.1) is 6.92 Å². The van der Waals surface area contributed by atoms with Gasteiger partial charge in [-0.05, 0) is 50.2 Å². The van der Waals surface area contributed by atoms with Gasteiger partial charge in [0.15, 0.2) is 11.4 Å². The van der Waals surface area contributed by atoms with Gasteiger partial charge in [0.1, 0.15) is 11.5 Å². The quantitative estimate of drug-likeness (QED) is 0.268. The summed E-state index contributed by atoms with van der Waals surface area (Å²) < 4.78 is 16.2. The lowest BCUT2D eigenvalue weighted by Crippen LogP contribution is -2.30. The van der Waals surface area contributed by atoms with E-state index >= 15 is 0 Å². The number of thiazole rings is 1. The lowest BCUT2D eigenvalue weighted by atomic mass is 10.1. The van der Waals surface area contributed by atoms with E-state index in [1.807, 2.05) is 99.1 Å². The summed E-state index contributed by atoms with van der Waals surface area (Å²) in [5.41, 5.74) is 4.56. The van der Waals surface area contributed by atoms with Crippen LogP contribution in [-0.4, -0.2) is 46.4 Å². The summed E-state index contributed by atoms with van der Waals surface area (Å²) in [6, 6.07) is 22.5. The molecule has 5 aromatic rings. The van der Waals surface area contributed by atoms with Crippen molar-refractivity contribution >= 4 is 34.3 Å². The Morgan fingerprint density at radius 2 is 1.65 bits per heavy atom. The van der Waals surface area contributed by atoms with Gasteiger partial charge < -0.3 is 14.4 Å². The number of hydrogen-bond acceptors (Lipinski definition) is 7. The summed E-state index contributed by atoms with van der Waals surface area (Å²) in [6.07, 6.45) is 0. The summed E-state index contributed by atoms with van der Waals surface area (Å²) in [5.74, 6) is 1.01. The largest absolute Gasteiger partial charge is 0.497 e. The van der Waals surface area contributed by atoms with Gasteiger partial charge in [0.25, 0.3) is 11.5 Å². The normalized spacial score (nSPS) is 14.1. The third kappa shape index (κ3) is 4.67. The van der Waals surface area contributed by atoms with Crippen molar-refractivity contribution in [2.75, 3.05) is 25.7 Å². The highest BCUT2D eigenvalue weighted by molar-refractivity contribution is 7.07. The first-order chi connectivity index (χ1) is 20.9. The number of methoxy groups -OCH3 is 2. The van der Waals surface area contributed by atoms with E-state index in [9.17, 15) is 9.59 Å². The van der Waals surface area contributed by atoms with E-state index in [1.165, 1.54) is 11.3 Å². The van der Waals surface area contributed by atoms with E-state index in [1.54, 1.807) is 33.2 Å². The second-order valence-corrected chi connectivity index (χ2v) is 10.7. The van der Waals surface area contributed by atoms with Crippen LogP contribution >= 0.6 is 11.3 Å². The third-order valence-corrected chi connectivity index (χ3v) is 8.33. The maximum Gasteiger partial charge on any atom is 0.297 e. The molecule has 0 saturated heterocycles. The van der Waals surface area contributed by atoms with Gasteiger partial charge in [0.05, 0.1) is 37.0 Å². The van der Waals surface area contributed by atoms with Crippen molar-refractivity contribution in [3.8, 4) is 28.4 Å². The van der Waals surface area contributed by atoms with Crippen molar-refractivity contribution in [1.29, 1.82) is 0 Å². The number of anilines is 1. The molecule has 0 radical (unpaired) electrons. The number of amides is 1. The van der Waals surface area contributed by atoms with Crippen LogP contribution < -0.4 is 24.7 Å². The van der Waals surface area contributed by atoms with E-state index in [0.29, 0.717) is 39.8 Å². The molecule has 0 atom stereocenters. The molecule has 0 N–H and O–H groups in total. The van der Waals surface area contributed by atoms with Crippen LogP contribution in [-0.2, 0) is 11.8 Å². The number of rotatable bonds is 7. The van der Waals surface area contributed by atoms with Gasteiger partial charge in [-0.15, -0.1) is 11.3 Å². The number of carbonyl (C=O) groups excluding carboxylic acids is 1. The number of carbonyl (C=O) groups is 1. The molecule has 218 valence electrons. The van der Waals surface area contributed by atoms with Crippen LogP contribution in [0.4, 0.5) is 11.4 Å². The number of hydrogen-bond donors (Lipinski definition) is 0. The summed E-state index contributed by atoms with van der Waals surface area (Å²) in [6.45, 7) is 4.28. The Morgan fingerprint density at radius 1 is 0.907 bits per heavy atom. The first-order valence-electron chi connectivity index (χ1n) is 13.7. The van der Waals surface area contributed by atoms with Gasteiger partial charge in [-0.2, -0.15) is 5.10 Å². The highest BCUT2D eigenvalue weighted by atomic mass is 32.1. The van der Waals surface area contributed by atoms with Crippen molar-refractivity contribution in [2.45, 2.75) is 13.8 Å². The predicted octanol–water partition coefficient (Wildman–Crippen LogP) is 4.88. The van der Waals surface area contributed by atoms with Crippen LogP contribution in [0.2, 0.25) is 0 Å². The average Bonchev–Trinajstić information content (AvgIpc) is 3.63. The van der Waals surface area contributed by atoms with E-state index in [-0.39, 0.29) is 22.9 Å². The van der Waals surface area contributed by atoms with E-state index in [0.717, 1.165) is 16.9 Å². The van der Waals surface area contributed by atoms with Crippen molar-refractivity contribution in [3.63, 3.8) is 0 Å². The van der Waals surface area contributed by atoms with Crippen LogP contribution in [0.1, 0.15) is 18.2 Å². The Labute approximate surface area is 252 Å². The van der Waals surface area contributed by atoms with E-state index < -0.39 is 0 Å². The Balaban J connectivity index is 1.64. The predicted molar refractivity (Wildman–Crippen MR) is 168 cm³/mol. The molecule has 1 aliphatic heterocycles. The summed E-state index contributed by atoms with van der Waals surface area (Å²) in [5, 5.41) is 6.82. The lowest BCUT2D eigenvalue weighted by molar-refractivity contribution is -0.112. The Hall–Kier alpha value is -5.16. The molecular weight excluding hydrogens is 564 g/mol. The maximum absolute atomic E-state index is 13.7. The van der Waals surface area contributed by atoms with Crippen LogP contribution in [0.15, 0.2) is 93.1 Å². The zero-order valence-electron chi connectivity index (χ0n) is 24.4. The molecule has 2 aromatic heterocycles. The topological polar surface area (TPSA) is 95.3 Å². The lowest BCUT2D eigenvalue weighted by Gasteiger charge is -2.13.